The van der Waals surface area contributed by atoms with E-state index in [1.165, 1.54) is 6.42 Å². The summed E-state index contributed by atoms with van der Waals surface area (Å²) in [6, 6.07) is 7.83. The molecule has 2 aliphatic rings. The van der Waals surface area contributed by atoms with Crippen molar-refractivity contribution in [2.75, 3.05) is 38.0 Å². The Morgan fingerprint density at radius 3 is 2.54 bits per heavy atom. The third-order valence-electron chi connectivity index (χ3n) is 5.23. The lowest BCUT2D eigenvalue weighted by molar-refractivity contribution is -0.0328. The molecule has 1 heterocycles. The summed E-state index contributed by atoms with van der Waals surface area (Å²) in [6.07, 6.45) is 5.35. The number of amides is 2. The zero-order valence-electron chi connectivity index (χ0n) is 14.6. The quantitative estimate of drug-likeness (QED) is 0.895. The molecule has 5 heteroatoms. The number of carbonyl (C=O) groups is 1. The Morgan fingerprint density at radius 2 is 1.88 bits per heavy atom. The topological polar surface area (TPSA) is 55.8 Å². The number of β-amino-alcohol motifs (C(OH)–C–C–N with tert-alkyl or cyclic N) is 1. The Balaban J connectivity index is 1.47. The maximum Gasteiger partial charge on any atom is 0.321 e. The number of nitrogens with zero attached hydrogens (tertiary/aromatic N) is 2. The fourth-order valence-corrected chi connectivity index (χ4v) is 3.82. The van der Waals surface area contributed by atoms with Gasteiger partial charge in [-0.1, -0.05) is 31.4 Å². The summed E-state index contributed by atoms with van der Waals surface area (Å²) in [6.45, 7) is 5.87. The number of hydrogen-bond donors (Lipinski definition) is 2. The largest absolute Gasteiger partial charge is 0.389 e. The van der Waals surface area contributed by atoms with Gasteiger partial charge in [-0.25, -0.2) is 4.79 Å². The van der Waals surface area contributed by atoms with Gasteiger partial charge in [0.05, 0.1) is 5.60 Å². The monoisotopic (exact) mass is 331 g/mol. The second-order valence-electron chi connectivity index (χ2n) is 7.35. The summed E-state index contributed by atoms with van der Waals surface area (Å²) >= 11 is 0. The van der Waals surface area contributed by atoms with Gasteiger partial charge >= 0.3 is 6.03 Å². The van der Waals surface area contributed by atoms with E-state index in [9.17, 15) is 9.90 Å². The average Bonchev–Trinajstić information content (AvgIpc) is 2.56. The molecule has 5 nitrogen and oxygen atoms in total. The average molecular weight is 331 g/mol. The standard InChI is InChI=1S/C19H29N3O2/c1-16-6-5-7-17(14-16)20-18(23)22-12-10-21(11-13-22)15-19(24)8-3-2-4-9-19/h5-7,14,24H,2-4,8-13,15H2,1H3,(H,20,23). The highest BCUT2D eigenvalue weighted by Crippen LogP contribution is 2.29. The summed E-state index contributed by atoms with van der Waals surface area (Å²) in [5.74, 6) is 0. The van der Waals surface area contributed by atoms with Crippen LogP contribution in [-0.4, -0.2) is 59.3 Å². The van der Waals surface area contributed by atoms with Crippen molar-refractivity contribution in [3.63, 3.8) is 0 Å². The Labute approximate surface area is 144 Å². The van der Waals surface area contributed by atoms with Crippen LogP contribution < -0.4 is 5.32 Å². The number of carbonyl (C=O) groups excluding carboxylic acids is 1. The van der Waals surface area contributed by atoms with Crippen molar-refractivity contribution in [1.82, 2.24) is 9.80 Å². The summed E-state index contributed by atoms with van der Waals surface area (Å²) in [7, 11) is 0. The molecule has 0 unspecified atom stereocenters. The van der Waals surface area contributed by atoms with Crippen LogP contribution in [0.25, 0.3) is 0 Å². The smallest absolute Gasteiger partial charge is 0.321 e. The minimum absolute atomic E-state index is 0.0309. The molecule has 0 atom stereocenters. The van der Waals surface area contributed by atoms with Crippen molar-refractivity contribution in [2.24, 2.45) is 0 Å². The highest BCUT2D eigenvalue weighted by Gasteiger charge is 2.32. The third-order valence-corrected chi connectivity index (χ3v) is 5.23. The SMILES string of the molecule is Cc1cccc(NC(=O)N2CCN(CC3(O)CCCCC3)CC2)c1. The molecule has 2 fully saturated rings. The van der Waals surface area contributed by atoms with Crippen LogP contribution in [-0.2, 0) is 0 Å². The van der Waals surface area contributed by atoms with Crippen LogP contribution >= 0.6 is 0 Å². The van der Waals surface area contributed by atoms with E-state index in [-0.39, 0.29) is 6.03 Å². The number of piperazine rings is 1. The minimum Gasteiger partial charge on any atom is -0.389 e. The molecule has 3 rings (SSSR count). The van der Waals surface area contributed by atoms with Gasteiger partial charge in [0.25, 0.3) is 0 Å². The van der Waals surface area contributed by atoms with Crippen LogP contribution in [0.4, 0.5) is 10.5 Å². The van der Waals surface area contributed by atoms with Crippen LogP contribution in [0.1, 0.15) is 37.7 Å². The minimum atomic E-state index is -0.510. The highest BCUT2D eigenvalue weighted by molar-refractivity contribution is 5.89. The maximum atomic E-state index is 12.4. The fraction of sp³-hybridized carbons (Fsp3) is 0.632. The lowest BCUT2D eigenvalue weighted by atomic mass is 9.84. The molecular formula is C19H29N3O2. The van der Waals surface area contributed by atoms with E-state index in [1.54, 1.807) is 0 Å². The number of aliphatic hydroxyl groups is 1. The Hall–Kier alpha value is -1.59. The van der Waals surface area contributed by atoms with Crippen molar-refractivity contribution >= 4 is 11.7 Å². The molecular weight excluding hydrogens is 302 g/mol. The molecule has 24 heavy (non-hydrogen) atoms. The third kappa shape index (κ3) is 4.48. The molecule has 1 aromatic carbocycles. The normalized spacial score (nSPS) is 21.5. The van der Waals surface area contributed by atoms with Gasteiger partial charge in [-0.2, -0.15) is 0 Å². The predicted octanol–water partition coefficient (Wildman–Crippen LogP) is 2.84. The van der Waals surface area contributed by atoms with E-state index in [0.717, 1.165) is 56.6 Å². The second-order valence-corrected chi connectivity index (χ2v) is 7.35. The van der Waals surface area contributed by atoms with Crippen molar-refractivity contribution in [1.29, 1.82) is 0 Å². The van der Waals surface area contributed by atoms with E-state index >= 15 is 0 Å². The number of urea groups is 1. The number of hydrogen-bond acceptors (Lipinski definition) is 3. The maximum absolute atomic E-state index is 12.4. The zero-order valence-corrected chi connectivity index (χ0v) is 14.6. The van der Waals surface area contributed by atoms with Crippen LogP contribution in [0, 0.1) is 6.92 Å². The van der Waals surface area contributed by atoms with E-state index in [4.69, 9.17) is 0 Å². The lowest BCUT2D eigenvalue weighted by Crippen LogP contribution is -2.54. The van der Waals surface area contributed by atoms with Gasteiger partial charge in [0.1, 0.15) is 0 Å². The first-order valence-electron chi connectivity index (χ1n) is 9.11. The summed E-state index contributed by atoms with van der Waals surface area (Å²) in [5, 5.41) is 13.7. The zero-order chi connectivity index (χ0) is 17.0. The molecule has 0 radical (unpaired) electrons. The fourth-order valence-electron chi connectivity index (χ4n) is 3.82. The molecule has 2 amide bonds. The van der Waals surface area contributed by atoms with E-state index < -0.39 is 5.60 Å². The summed E-state index contributed by atoms with van der Waals surface area (Å²) < 4.78 is 0. The first-order valence-corrected chi connectivity index (χ1v) is 9.11. The van der Waals surface area contributed by atoms with E-state index in [0.29, 0.717) is 13.1 Å². The first-order chi connectivity index (χ1) is 11.5. The molecule has 2 N–H and O–H groups in total. The van der Waals surface area contributed by atoms with Crippen LogP contribution in [0.5, 0.6) is 0 Å². The number of anilines is 1. The molecule has 0 bridgehead atoms. The predicted molar refractivity (Wildman–Crippen MR) is 96.2 cm³/mol. The molecule has 1 saturated carbocycles. The van der Waals surface area contributed by atoms with Gasteiger partial charge in [0.2, 0.25) is 0 Å². The van der Waals surface area contributed by atoms with Gasteiger partial charge < -0.3 is 15.3 Å². The Bertz CT molecular complexity index is 561. The molecule has 1 aliphatic carbocycles. The van der Waals surface area contributed by atoms with Gasteiger partial charge in [0.15, 0.2) is 0 Å². The molecule has 0 aromatic heterocycles. The van der Waals surface area contributed by atoms with Gasteiger partial charge in [-0.15, -0.1) is 0 Å². The number of rotatable bonds is 3. The van der Waals surface area contributed by atoms with Crippen molar-refractivity contribution in [3.05, 3.63) is 29.8 Å². The van der Waals surface area contributed by atoms with Crippen molar-refractivity contribution in [3.8, 4) is 0 Å². The Kier molecular flexibility index (Phi) is 5.41. The van der Waals surface area contributed by atoms with Crippen molar-refractivity contribution in [2.45, 2.75) is 44.6 Å². The highest BCUT2D eigenvalue weighted by atomic mass is 16.3. The summed E-state index contributed by atoms with van der Waals surface area (Å²) in [5.41, 5.74) is 1.47. The lowest BCUT2D eigenvalue weighted by Gasteiger charge is -2.41. The Morgan fingerprint density at radius 1 is 1.17 bits per heavy atom. The van der Waals surface area contributed by atoms with Crippen LogP contribution in [0.2, 0.25) is 0 Å². The molecule has 1 saturated heterocycles. The first kappa shape index (κ1) is 17.2. The second kappa shape index (κ2) is 7.53. The van der Waals surface area contributed by atoms with Crippen LogP contribution in [0.15, 0.2) is 24.3 Å². The number of aryl methyl sites for hydroxylation is 1. The van der Waals surface area contributed by atoms with Crippen LogP contribution in [0.3, 0.4) is 0 Å². The number of nitrogens with one attached hydrogen (secondary N) is 1. The molecule has 0 spiro atoms. The molecule has 132 valence electrons. The van der Waals surface area contributed by atoms with E-state index in [2.05, 4.69) is 10.2 Å². The number of benzene rings is 1. The van der Waals surface area contributed by atoms with Gasteiger partial charge in [0, 0.05) is 38.4 Å². The van der Waals surface area contributed by atoms with Gasteiger partial charge in [-0.05, 0) is 37.5 Å². The molecule has 1 aliphatic heterocycles. The van der Waals surface area contributed by atoms with Crippen molar-refractivity contribution < 1.29 is 9.90 Å². The van der Waals surface area contributed by atoms with E-state index in [1.807, 2.05) is 36.1 Å². The van der Waals surface area contributed by atoms with Gasteiger partial charge in [-0.3, -0.25) is 4.90 Å². The molecule has 1 aromatic rings. The summed E-state index contributed by atoms with van der Waals surface area (Å²) in [4.78, 5) is 16.6.